The van der Waals surface area contributed by atoms with Crippen molar-refractivity contribution in [3.63, 3.8) is 0 Å². The normalized spacial score (nSPS) is 9.80. The lowest BCUT2D eigenvalue weighted by Crippen LogP contribution is -2.01. The molecule has 0 fully saturated rings. The first-order valence-electron chi connectivity index (χ1n) is 5.77. The molecule has 0 saturated heterocycles. The average Bonchev–Trinajstić information content (AvgIpc) is 2.45. The molecule has 0 aliphatic rings. The molecule has 20 heavy (non-hydrogen) atoms. The van der Waals surface area contributed by atoms with Crippen LogP contribution in [0.15, 0.2) is 42.5 Å². The SMILES string of the molecule is N#Cc1ccc(CNc2ccc([N+](=O)[O-])c(F)c2)cc1. The Morgan fingerprint density at radius 1 is 1.25 bits per heavy atom. The van der Waals surface area contributed by atoms with Gasteiger partial charge in [-0.15, -0.1) is 0 Å². The first-order chi connectivity index (χ1) is 9.60. The van der Waals surface area contributed by atoms with Gasteiger partial charge in [0.25, 0.3) is 0 Å². The van der Waals surface area contributed by atoms with Gasteiger partial charge >= 0.3 is 5.69 Å². The highest BCUT2D eigenvalue weighted by Gasteiger charge is 2.13. The van der Waals surface area contributed by atoms with Gasteiger partial charge in [-0.2, -0.15) is 9.65 Å². The molecule has 0 amide bonds. The number of hydrogen-bond acceptors (Lipinski definition) is 4. The predicted molar refractivity (Wildman–Crippen MR) is 71.5 cm³/mol. The summed E-state index contributed by atoms with van der Waals surface area (Å²) in [6.07, 6.45) is 0. The minimum atomic E-state index is -0.875. The van der Waals surface area contributed by atoms with Gasteiger partial charge in [0, 0.05) is 24.4 Å². The summed E-state index contributed by atoms with van der Waals surface area (Å²) in [4.78, 5) is 9.73. The zero-order valence-corrected chi connectivity index (χ0v) is 10.3. The third-order valence-corrected chi connectivity index (χ3v) is 2.72. The van der Waals surface area contributed by atoms with Crippen LogP contribution in [0, 0.1) is 27.3 Å². The molecule has 0 aliphatic carbocycles. The zero-order chi connectivity index (χ0) is 14.5. The Morgan fingerprint density at radius 3 is 2.50 bits per heavy atom. The van der Waals surface area contributed by atoms with E-state index in [1.807, 2.05) is 6.07 Å². The van der Waals surface area contributed by atoms with Gasteiger partial charge in [-0.25, -0.2) is 0 Å². The van der Waals surface area contributed by atoms with Crippen LogP contribution in [0.3, 0.4) is 0 Å². The summed E-state index contributed by atoms with van der Waals surface area (Å²) in [6, 6.07) is 12.6. The highest BCUT2D eigenvalue weighted by atomic mass is 19.1. The number of nitriles is 1. The van der Waals surface area contributed by atoms with Gasteiger partial charge < -0.3 is 5.32 Å². The fraction of sp³-hybridized carbons (Fsp3) is 0.0714. The number of anilines is 1. The van der Waals surface area contributed by atoms with Gasteiger partial charge in [-0.1, -0.05) is 12.1 Å². The van der Waals surface area contributed by atoms with Crippen molar-refractivity contribution >= 4 is 11.4 Å². The molecule has 2 aromatic rings. The van der Waals surface area contributed by atoms with Crippen molar-refractivity contribution in [2.45, 2.75) is 6.54 Å². The fourth-order valence-corrected chi connectivity index (χ4v) is 1.67. The van der Waals surface area contributed by atoms with Crippen LogP contribution in [-0.4, -0.2) is 4.92 Å². The van der Waals surface area contributed by atoms with Crippen LogP contribution in [0.2, 0.25) is 0 Å². The van der Waals surface area contributed by atoms with E-state index < -0.39 is 16.4 Å². The molecule has 0 spiro atoms. The summed E-state index contributed by atoms with van der Waals surface area (Å²) in [7, 11) is 0. The highest BCUT2D eigenvalue weighted by molar-refractivity contribution is 5.50. The Morgan fingerprint density at radius 2 is 1.95 bits per heavy atom. The van der Waals surface area contributed by atoms with Gasteiger partial charge in [-0.05, 0) is 23.8 Å². The number of benzene rings is 2. The van der Waals surface area contributed by atoms with Crippen LogP contribution in [0.25, 0.3) is 0 Å². The van der Waals surface area contributed by atoms with Gasteiger partial charge in [0.1, 0.15) is 0 Å². The Hall–Kier alpha value is -2.94. The molecule has 0 atom stereocenters. The summed E-state index contributed by atoms with van der Waals surface area (Å²) in [5.41, 5.74) is 1.39. The van der Waals surface area contributed by atoms with Crippen molar-refractivity contribution in [1.29, 1.82) is 5.26 Å². The maximum atomic E-state index is 13.4. The van der Waals surface area contributed by atoms with Gasteiger partial charge in [-0.3, -0.25) is 10.1 Å². The van der Waals surface area contributed by atoms with E-state index in [2.05, 4.69) is 5.32 Å². The minimum Gasteiger partial charge on any atom is -0.381 e. The molecule has 1 N–H and O–H groups in total. The monoisotopic (exact) mass is 271 g/mol. The Kier molecular flexibility index (Phi) is 3.91. The van der Waals surface area contributed by atoms with Gasteiger partial charge in [0.05, 0.1) is 16.6 Å². The first-order valence-corrected chi connectivity index (χ1v) is 5.77. The Bertz CT molecular complexity index is 678. The molecule has 2 aromatic carbocycles. The maximum absolute atomic E-state index is 13.4. The second kappa shape index (κ2) is 5.80. The highest BCUT2D eigenvalue weighted by Crippen LogP contribution is 2.21. The molecule has 0 heterocycles. The molecule has 0 aliphatic heterocycles. The molecular weight excluding hydrogens is 261 g/mol. The molecule has 100 valence electrons. The van der Waals surface area contributed by atoms with Crippen molar-refractivity contribution in [3.05, 3.63) is 69.5 Å². The van der Waals surface area contributed by atoms with Gasteiger partial charge in [0.15, 0.2) is 0 Å². The fourth-order valence-electron chi connectivity index (χ4n) is 1.67. The summed E-state index contributed by atoms with van der Waals surface area (Å²) < 4.78 is 13.4. The van der Waals surface area contributed by atoms with Crippen LogP contribution in [0.5, 0.6) is 0 Å². The van der Waals surface area contributed by atoms with E-state index in [1.54, 1.807) is 24.3 Å². The molecule has 2 rings (SSSR count). The lowest BCUT2D eigenvalue weighted by atomic mass is 10.1. The van der Waals surface area contributed by atoms with Crippen LogP contribution in [-0.2, 0) is 6.54 Å². The quantitative estimate of drug-likeness (QED) is 0.684. The van der Waals surface area contributed by atoms with Crippen molar-refractivity contribution < 1.29 is 9.31 Å². The zero-order valence-electron chi connectivity index (χ0n) is 10.3. The number of nitrogens with zero attached hydrogens (tertiary/aromatic N) is 2. The van der Waals surface area contributed by atoms with Crippen LogP contribution in [0.4, 0.5) is 15.8 Å². The van der Waals surface area contributed by atoms with E-state index >= 15 is 0 Å². The maximum Gasteiger partial charge on any atom is 0.304 e. The predicted octanol–water partition coefficient (Wildman–Crippen LogP) is 3.22. The summed E-state index contributed by atoms with van der Waals surface area (Å²) in [5, 5.41) is 22.1. The van der Waals surface area contributed by atoms with E-state index in [0.717, 1.165) is 17.7 Å². The molecule has 0 unspecified atom stereocenters. The van der Waals surface area contributed by atoms with E-state index in [4.69, 9.17) is 5.26 Å². The molecule has 5 nitrogen and oxygen atoms in total. The standard InChI is InChI=1S/C14H10FN3O2/c15-13-7-12(5-6-14(13)18(19)20)17-9-11-3-1-10(8-16)2-4-11/h1-7,17H,9H2. The number of hydrogen-bond donors (Lipinski definition) is 1. The lowest BCUT2D eigenvalue weighted by Gasteiger charge is -2.06. The van der Waals surface area contributed by atoms with Crippen molar-refractivity contribution in [1.82, 2.24) is 0 Å². The van der Waals surface area contributed by atoms with Crippen LogP contribution >= 0.6 is 0 Å². The number of nitro benzene ring substituents is 1. The lowest BCUT2D eigenvalue weighted by molar-refractivity contribution is -0.387. The van der Waals surface area contributed by atoms with Crippen molar-refractivity contribution in [3.8, 4) is 6.07 Å². The smallest absolute Gasteiger partial charge is 0.304 e. The third kappa shape index (κ3) is 3.09. The molecule has 0 bridgehead atoms. The van der Waals surface area contributed by atoms with Crippen molar-refractivity contribution in [2.24, 2.45) is 0 Å². The summed E-state index contributed by atoms with van der Waals surface area (Å²) >= 11 is 0. The van der Waals surface area contributed by atoms with Gasteiger partial charge in [0.2, 0.25) is 5.82 Å². The Balaban J connectivity index is 2.05. The van der Waals surface area contributed by atoms with E-state index in [-0.39, 0.29) is 0 Å². The number of rotatable bonds is 4. The number of halogens is 1. The van der Waals surface area contributed by atoms with E-state index in [0.29, 0.717) is 17.8 Å². The largest absolute Gasteiger partial charge is 0.381 e. The molecule has 0 radical (unpaired) electrons. The Labute approximate surface area is 114 Å². The van der Waals surface area contributed by atoms with Crippen LogP contribution in [0.1, 0.15) is 11.1 Å². The molecular formula is C14H10FN3O2. The van der Waals surface area contributed by atoms with Crippen LogP contribution < -0.4 is 5.32 Å². The van der Waals surface area contributed by atoms with Crippen molar-refractivity contribution in [2.75, 3.05) is 5.32 Å². The first kappa shape index (κ1) is 13.5. The third-order valence-electron chi connectivity index (χ3n) is 2.72. The summed E-state index contributed by atoms with van der Waals surface area (Å²) in [5.74, 6) is -0.875. The second-order valence-electron chi connectivity index (χ2n) is 4.09. The summed E-state index contributed by atoms with van der Waals surface area (Å²) in [6.45, 7) is 0.433. The average molecular weight is 271 g/mol. The minimum absolute atomic E-state index is 0.433. The molecule has 0 aromatic heterocycles. The number of nitro groups is 1. The van der Waals surface area contributed by atoms with E-state index in [9.17, 15) is 14.5 Å². The molecule has 0 saturated carbocycles. The molecule has 6 heteroatoms. The second-order valence-corrected chi connectivity index (χ2v) is 4.09. The topological polar surface area (TPSA) is 79.0 Å². The van der Waals surface area contributed by atoms with E-state index in [1.165, 1.54) is 6.07 Å². The number of nitrogens with one attached hydrogen (secondary N) is 1.